The van der Waals surface area contributed by atoms with Crippen molar-refractivity contribution in [3.8, 4) is 0 Å². The lowest BCUT2D eigenvalue weighted by Crippen LogP contribution is -2.04. The van der Waals surface area contributed by atoms with Crippen molar-refractivity contribution in [3.05, 3.63) is 39.4 Å². The number of allylic oxidation sites excluding steroid dienone is 1. The van der Waals surface area contributed by atoms with Crippen LogP contribution in [0.1, 0.15) is 42.7 Å². The van der Waals surface area contributed by atoms with E-state index in [-0.39, 0.29) is 0 Å². The van der Waals surface area contributed by atoms with Crippen LogP contribution in [0.2, 0.25) is 0 Å². The summed E-state index contributed by atoms with van der Waals surface area (Å²) in [4.78, 5) is 0. The Bertz CT molecular complexity index is 404. The molecule has 72 valence electrons. The number of hydrogen-bond donors (Lipinski definition) is 0. The Morgan fingerprint density at radius 3 is 3.07 bits per heavy atom. The van der Waals surface area contributed by atoms with Crippen LogP contribution in [0.5, 0.6) is 0 Å². The van der Waals surface area contributed by atoms with Gasteiger partial charge in [0.1, 0.15) is 0 Å². The lowest BCUT2D eigenvalue weighted by molar-refractivity contribution is 0.550. The van der Waals surface area contributed by atoms with Gasteiger partial charge in [-0.15, -0.1) is 0 Å². The molecule has 14 heavy (non-hydrogen) atoms. The molecule has 0 radical (unpaired) electrons. The molecule has 1 heteroatoms. The van der Waals surface area contributed by atoms with E-state index in [4.69, 9.17) is 0 Å². The van der Waals surface area contributed by atoms with Gasteiger partial charge in [-0.1, -0.05) is 40.1 Å². The largest absolute Gasteiger partial charge is 0.0621 e. The Kier molecular flexibility index (Phi) is 2.01. The molecule has 1 unspecified atom stereocenters. The number of rotatable bonds is 0. The van der Waals surface area contributed by atoms with E-state index in [1.807, 2.05) is 0 Å². The highest BCUT2D eigenvalue weighted by Gasteiger charge is 2.26. The summed E-state index contributed by atoms with van der Waals surface area (Å²) in [6, 6.07) is 6.71. The maximum atomic E-state index is 3.53. The molecule has 1 aromatic carbocycles. The maximum Gasteiger partial charge on any atom is 0.0181 e. The number of fused-ring (bicyclic) bond motifs is 3. The van der Waals surface area contributed by atoms with Crippen LogP contribution < -0.4 is 0 Å². The second kappa shape index (κ2) is 3.23. The van der Waals surface area contributed by atoms with E-state index in [1.54, 1.807) is 11.1 Å². The number of benzene rings is 1. The molecule has 2 aliphatic carbocycles. The van der Waals surface area contributed by atoms with Crippen molar-refractivity contribution in [3.63, 3.8) is 0 Å². The maximum absolute atomic E-state index is 3.53. The topological polar surface area (TPSA) is 0 Å². The molecule has 3 rings (SSSR count). The van der Waals surface area contributed by atoms with Crippen molar-refractivity contribution in [2.75, 3.05) is 0 Å². The van der Waals surface area contributed by atoms with Gasteiger partial charge in [-0.05, 0) is 42.5 Å². The summed E-state index contributed by atoms with van der Waals surface area (Å²) in [7, 11) is 0. The van der Waals surface area contributed by atoms with Crippen molar-refractivity contribution in [2.45, 2.75) is 31.6 Å². The third kappa shape index (κ3) is 1.26. The van der Waals surface area contributed by atoms with Gasteiger partial charge in [-0.25, -0.2) is 0 Å². The first-order valence-electron chi connectivity index (χ1n) is 5.34. The fourth-order valence-electron chi connectivity index (χ4n) is 2.75. The zero-order chi connectivity index (χ0) is 9.54. The molecule has 1 saturated carbocycles. The quantitative estimate of drug-likeness (QED) is 0.634. The molecule has 0 aliphatic heterocycles. The first-order chi connectivity index (χ1) is 6.84. The van der Waals surface area contributed by atoms with Gasteiger partial charge in [0.25, 0.3) is 0 Å². The van der Waals surface area contributed by atoms with E-state index in [1.165, 1.54) is 35.7 Å². The highest BCUT2D eigenvalue weighted by Crippen LogP contribution is 2.45. The minimum absolute atomic E-state index is 0.756. The Labute approximate surface area is 93.2 Å². The van der Waals surface area contributed by atoms with E-state index >= 15 is 0 Å². The second-order valence-corrected chi connectivity index (χ2v) is 5.21. The Morgan fingerprint density at radius 1 is 1.21 bits per heavy atom. The normalized spacial score (nSPS) is 24.1. The average Bonchev–Trinajstić information content (AvgIpc) is 2.54. The molecule has 0 N–H and O–H groups in total. The third-order valence-electron chi connectivity index (χ3n) is 3.42. The fraction of sp³-hybridized carbons (Fsp3) is 0.385. The van der Waals surface area contributed by atoms with E-state index in [0.717, 1.165) is 5.92 Å². The van der Waals surface area contributed by atoms with Crippen molar-refractivity contribution in [1.29, 1.82) is 0 Å². The van der Waals surface area contributed by atoms with Gasteiger partial charge in [0.15, 0.2) is 0 Å². The van der Waals surface area contributed by atoms with Crippen LogP contribution in [0.25, 0.3) is 6.08 Å². The van der Waals surface area contributed by atoms with E-state index < -0.39 is 0 Å². The summed E-state index contributed by atoms with van der Waals surface area (Å²) in [6.45, 7) is 0. The summed E-state index contributed by atoms with van der Waals surface area (Å²) in [5, 5.41) is 0. The van der Waals surface area contributed by atoms with Gasteiger partial charge in [0.05, 0.1) is 0 Å². The van der Waals surface area contributed by atoms with E-state index in [2.05, 4.69) is 40.2 Å². The number of hydrogen-bond acceptors (Lipinski definition) is 0. The van der Waals surface area contributed by atoms with Crippen LogP contribution in [0.3, 0.4) is 0 Å². The molecule has 0 heterocycles. The molecule has 1 aromatic rings. The van der Waals surface area contributed by atoms with Crippen molar-refractivity contribution in [2.24, 2.45) is 0 Å². The molecule has 0 saturated heterocycles. The molecule has 0 aromatic heterocycles. The van der Waals surface area contributed by atoms with Gasteiger partial charge < -0.3 is 0 Å². The minimum atomic E-state index is 0.756. The molecule has 1 atom stereocenters. The molecule has 0 nitrogen and oxygen atoms in total. The van der Waals surface area contributed by atoms with Crippen LogP contribution in [0.15, 0.2) is 28.2 Å². The average molecular weight is 249 g/mol. The zero-order valence-electron chi connectivity index (χ0n) is 8.09. The molecule has 1 fully saturated rings. The summed E-state index contributed by atoms with van der Waals surface area (Å²) in [5.41, 5.74) is 4.67. The van der Waals surface area contributed by atoms with Crippen molar-refractivity contribution in [1.82, 2.24) is 0 Å². The van der Waals surface area contributed by atoms with Crippen LogP contribution in [0.4, 0.5) is 0 Å². The van der Waals surface area contributed by atoms with Crippen molar-refractivity contribution < 1.29 is 0 Å². The van der Waals surface area contributed by atoms with E-state index in [9.17, 15) is 0 Å². The minimum Gasteiger partial charge on any atom is -0.0621 e. The summed E-state index contributed by atoms with van der Waals surface area (Å²) in [6.07, 6.45) is 7.87. The van der Waals surface area contributed by atoms with Gasteiger partial charge in [-0.3, -0.25) is 0 Å². The monoisotopic (exact) mass is 248 g/mol. The first-order valence-corrected chi connectivity index (χ1v) is 6.14. The summed E-state index contributed by atoms with van der Waals surface area (Å²) in [5.74, 6) is 0.756. The molecule has 0 spiro atoms. The van der Waals surface area contributed by atoms with Gasteiger partial charge in [0.2, 0.25) is 0 Å². The summed E-state index contributed by atoms with van der Waals surface area (Å²) >= 11 is 3.53. The molecule has 2 aliphatic rings. The highest BCUT2D eigenvalue weighted by molar-refractivity contribution is 9.10. The third-order valence-corrected chi connectivity index (χ3v) is 3.91. The Balaban J connectivity index is 2.09. The molecular formula is C13H13Br. The fourth-order valence-corrected chi connectivity index (χ4v) is 3.13. The smallest absolute Gasteiger partial charge is 0.0181 e. The van der Waals surface area contributed by atoms with Gasteiger partial charge >= 0.3 is 0 Å². The standard InChI is InChI=1S/C13H13Br/c14-11-5-6-13-10(8-11)7-9-3-1-2-4-12(9)13/h5-8,12H,1-4H2. The predicted molar refractivity (Wildman–Crippen MR) is 63.3 cm³/mol. The van der Waals surface area contributed by atoms with Crippen LogP contribution >= 0.6 is 15.9 Å². The lowest BCUT2D eigenvalue weighted by Gasteiger charge is -2.21. The molecular weight excluding hydrogens is 236 g/mol. The first kappa shape index (κ1) is 8.72. The van der Waals surface area contributed by atoms with Gasteiger partial charge in [-0.2, -0.15) is 0 Å². The van der Waals surface area contributed by atoms with Crippen LogP contribution in [0, 0.1) is 0 Å². The molecule has 0 bridgehead atoms. The Morgan fingerprint density at radius 2 is 2.14 bits per heavy atom. The lowest BCUT2D eigenvalue weighted by atomic mass is 9.83. The predicted octanol–water partition coefficient (Wildman–Crippen LogP) is 4.50. The SMILES string of the molecule is Brc1ccc2c(c1)C=C1CCCCC12. The number of halogens is 1. The van der Waals surface area contributed by atoms with E-state index in [0.29, 0.717) is 0 Å². The highest BCUT2D eigenvalue weighted by atomic mass is 79.9. The van der Waals surface area contributed by atoms with Crippen molar-refractivity contribution >= 4 is 22.0 Å². The summed E-state index contributed by atoms with van der Waals surface area (Å²) < 4.78 is 1.20. The Hall–Kier alpha value is -0.560. The second-order valence-electron chi connectivity index (χ2n) is 4.29. The van der Waals surface area contributed by atoms with Gasteiger partial charge in [0, 0.05) is 10.4 Å². The zero-order valence-corrected chi connectivity index (χ0v) is 9.68. The van der Waals surface area contributed by atoms with Crippen LogP contribution in [-0.4, -0.2) is 0 Å². The van der Waals surface area contributed by atoms with Crippen LogP contribution in [-0.2, 0) is 0 Å². The molecule has 0 amide bonds.